The summed E-state index contributed by atoms with van der Waals surface area (Å²) >= 11 is 0. The predicted octanol–water partition coefficient (Wildman–Crippen LogP) is 2.78. The van der Waals surface area contributed by atoms with Gasteiger partial charge in [-0.3, -0.25) is 13.9 Å². The zero-order valence-electron chi connectivity index (χ0n) is 23.4. The summed E-state index contributed by atoms with van der Waals surface area (Å²) in [5.41, 5.74) is 2.57. The number of piperidine rings is 1. The molecule has 0 bridgehead atoms. The lowest BCUT2D eigenvalue weighted by Crippen LogP contribution is -2.50. The molecule has 0 aliphatic carbocycles. The number of hydrogen-bond donors (Lipinski definition) is 1. The van der Waals surface area contributed by atoms with Crippen LogP contribution in [0.25, 0.3) is 0 Å². The maximum absolute atomic E-state index is 14.9. The Morgan fingerprint density at radius 2 is 1.70 bits per heavy atom. The average Bonchev–Trinajstić information content (AvgIpc) is 3.31. The van der Waals surface area contributed by atoms with Gasteiger partial charge in [-0.25, -0.2) is 17.6 Å². The normalized spacial score (nSPS) is 17.7. The first-order valence-corrected chi connectivity index (χ1v) is 15.8. The van der Waals surface area contributed by atoms with E-state index in [1.165, 1.54) is 0 Å². The molecule has 232 valence electrons. The van der Waals surface area contributed by atoms with Crippen LogP contribution < -0.4 is 17.0 Å². The van der Waals surface area contributed by atoms with Gasteiger partial charge >= 0.3 is 11.9 Å². The largest absolute Gasteiger partial charge is 0.416 e. The standard InChI is InChI=1S/C29H32F4N4O5S/c1-43(40,41)15-14-35-12-10-28(11-13-35)25-24(18-42-28)36(16-20-21(29(31,32)33)8-5-9-22(20)30)27(39)37(26(25)38)17-23(34)19-6-3-2-4-7-19/h2-9,23H,10-18,34H2,1H3. The molecule has 2 aliphatic rings. The quantitative estimate of drug-likeness (QED) is 0.383. The molecule has 3 heterocycles. The molecule has 0 amide bonds. The number of rotatable bonds is 8. The molecule has 9 nitrogen and oxygen atoms in total. The Bertz CT molecular complexity index is 1730. The number of fused-ring (bicyclic) bond motifs is 2. The van der Waals surface area contributed by atoms with Crippen molar-refractivity contribution in [1.82, 2.24) is 14.0 Å². The highest BCUT2D eigenvalue weighted by molar-refractivity contribution is 7.90. The molecule has 0 radical (unpaired) electrons. The molecule has 43 heavy (non-hydrogen) atoms. The lowest BCUT2D eigenvalue weighted by molar-refractivity contribution is -0.138. The van der Waals surface area contributed by atoms with E-state index in [0.29, 0.717) is 25.2 Å². The van der Waals surface area contributed by atoms with Gasteiger partial charge in [0.2, 0.25) is 0 Å². The number of nitrogens with two attached hydrogens (primary N) is 1. The van der Waals surface area contributed by atoms with Gasteiger partial charge in [-0.1, -0.05) is 36.4 Å². The first-order valence-electron chi connectivity index (χ1n) is 13.8. The summed E-state index contributed by atoms with van der Waals surface area (Å²) in [4.78, 5) is 29.8. The van der Waals surface area contributed by atoms with E-state index in [1.54, 1.807) is 30.3 Å². The van der Waals surface area contributed by atoms with E-state index in [-0.39, 0.29) is 43.0 Å². The van der Waals surface area contributed by atoms with Gasteiger partial charge < -0.3 is 15.4 Å². The number of halogens is 4. The van der Waals surface area contributed by atoms with Crippen LogP contribution in [-0.2, 0) is 46.0 Å². The second kappa shape index (κ2) is 11.6. The molecule has 1 atom stereocenters. The van der Waals surface area contributed by atoms with Crippen LogP contribution in [0.15, 0.2) is 58.1 Å². The first kappa shape index (κ1) is 31.1. The molecular formula is C29H32F4N4O5S. The van der Waals surface area contributed by atoms with Crippen molar-refractivity contribution in [2.45, 2.75) is 50.4 Å². The summed E-state index contributed by atoms with van der Waals surface area (Å²) in [6.45, 7) is -0.195. The maximum atomic E-state index is 14.9. The number of benzene rings is 2. The average molecular weight is 625 g/mol. The van der Waals surface area contributed by atoms with E-state index >= 15 is 0 Å². The number of likely N-dealkylation sites (tertiary alicyclic amines) is 1. The van der Waals surface area contributed by atoms with Gasteiger partial charge in [-0.15, -0.1) is 0 Å². The van der Waals surface area contributed by atoms with Gasteiger partial charge in [0.15, 0.2) is 0 Å². The first-order chi connectivity index (χ1) is 20.2. The zero-order valence-corrected chi connectivity index (χ0v) is 24.3. The fourth-order valence-electron chi connectivity index (χ4n) is 5.92. The van der Waals surface area contributed by atoms with Crippen molar-refractivity contribution in [3.8, 4) is 0 Å². The molecule has 1 fully saturated rings. The van der Waals surface area contributed by atoms with E-state index in [0.717, 1.165) is 33.6 Å². The second-order valence-electron chi connectivity index (χ2n) is 11.1. The summed E-state index contributed by atoms with van der Waals surface area (Å²) < 4.78 is 87.9. The number of sulfone groups is 1. The predicted molar refractivity (Wildman–Crippen MR) is 151 cm³/mol. The van der Waals surface area contributed by atoms with E-state index in [1.807, 2.05) is 4.90 Å². The van der Waals surface area contributed by atoms with E-state index in [2.05, 4.69) is 0 Å². The Morgan fingerprint density at radius 3 is 2.33 bits per heavy atom. The third kappa shape index (κ3) is 6.33. The van der Waals surface area contributed by atoms with E-state index < -0.39 is 62.4 Å². The smallest absolute Gasteiger partial charge is 0.364 e. The Kier molecular flexibility index (Phi) is 8.42. The van der Waals surface area contributed by atoms with Crippen LogP contribution in [0.1, 0.15) is 46.8 Å². The van der Waals surface area contributed by atoms with Crippen LogP contribution in [0.3, 0.4) is 0 Å². The van der Waals surface area contributed by atoms with Gasteiger partial charge in [-0.05, 0) is 30.5 Å². The summed E-state index contributed by atoms with van der Waals surface area (Å²) in [7, 11) is -3.19. The second-order valence-corrected chi connectivity index (χ2v) is 13.4. The van der Waals surface area contributed by atoms with Crippen LogP contribution in [-0.4, -0.2) is 54.1 Å². The Morgan fingerprint density at radius 1 is 1.02 bits per heavy atom. The minimum absolute atomic E-state index is 0.0364. The number of ether oxygens (including phenoxy) is 1. The number of hydrogen-bond acceptors (Lipinski definition) is 7. The van der Waals surface area contributed by atoms with Crippen LogP contribution in [0.4, 0.5) is 17.6 Å². The van der Waals surface area contributed by atoms with Crippen molar-refractivity contribution >= 4 is 9.84 Å². The van der Waals surface area contributed by atoms with Crippen LogP contribution in [0, 0.1) is 5.82 Å². The van der Waals surface area contributed by atoms with Crippen molar-refractivity contribution in [1.29, 1.82) is 0 Å². The number of alkyl halides is 3. The van der Waals surface area contributed by atoms with E-state index in [4.69, 9.17) is 10.5 Å². The van der Waals surface area contributed by atoms with Gasteiger partial charge in [0.1, 0.15) is 21.3 Å². The van der Waals surface area contributed by atoms with E-state index in [9.17, 15) is 35.6 Å². The third-order valence-corrected chi connectivity index (χ3v) is 9.19. The molecule has 14 heteroatoms. The minimum Gasteiger partial charge on any atom is -0.364 e. The van der Waals surface area contributed by atoms with Crippen molar-refractivity contribution in [2.24, 2.45) is 5.73 Å². The Labute approximate surface area is 245 Å². The lowest BCUT2D eigenvalue weighted by atomic mass is 9.85. The molecule has 0 saturated carbocycles. The van der Waals surface area contributed by atoms with Crippen LogP contribution >= 0.6 is 0 Å². The molecule has 2 N–H and O–H groups in total. The van der Waals surface area contributed by atoms with Gasteiger partial charge in [-0.2, -0.15) is 13.2 Å². The van der Waals surface area contributed by atoms with Crippen LogP contribution in [0.2, 0.25) is 0 Å². The van der Waals surface area contributed by atoms with Crippen LogP contribution in [0.5, 0.6) is 0 Å². The fourth-order valence-corrected chi connectivity index (χ4v) is 6.51. The molecule has 5 rings (SSSR count). The highest BCUT2D eigenvalue weighted by atomic mass is 32.2. The zero-order chi connectivity index (χ0) is 31.2. The molecule has 1 unspecified atom stereocenters. The molecule has 1 spiro atoms. The lowest BCUT2D eigenvalue weighted by Gasteiger charge is -2.38. The summed E-state index contributed by atoms with van der Waals surface area (Å²) in [6, 6.07) is 10.5. The maximum Gasteiger partial charge on any atom is 0.416 e. The topological polar surface area (TPSA) is 117 Å². The highest BCUT2D eigenvalue weighted by Gasteiger charge is 2.47. The Hall–Kier alpha value is -3.33. The van der Waals surface area contributed by atoms with Gasteiger partial charge in [0.25, 0.3) is 5.56 Å². The van der Waals surface area contributed by atoms with Gasteiger partial charge in [0, 0.05) is 37.5 Å². The van der Waals surface area contributed by atoms with Crippen molar-refractivity contribution in [3.05, 3.63) is 103 Å². The van der Waals surface area contributed by atoms with Crippen molar-refractivity contribution in [2.75, 3.05) is 31.6 Å². The number of nitrogens with zero attached hydrogens (tertiary/aromatic N) is 3. The Balaban J connectivity index is 1.60. The summed E-state index contributed by atoms with van der Waals surface area (Å²) in [5, 5.41) is 0. The molecule has 3 aromatic rings. The minimum atomic E-state index is -4.88. The summed E-state index contributed by atoms with van der Waals surface area (Å²) in [6.07, 6.45) is -3.16. The monoisotopic (exact) mass is 624 g/mol. The van der Waals surface area contributed by atoms with Gasteiger partial charge in [0.05, 0.1) is 42.3 Å². The fraction of sp³-hybridized carbons (Fsp3) is 0.448. The van der Waals surface area contributed by atoms with Crippen molar-refractivity contribution < 1.29 is 30.7 Å². The molecule has 2 aromatic carbocycles. The number of aromatic nitrogens is 2. The molecule has 2 aliphatic heterocycles. The van der Waals surface area contributed by atoms with Crippen molar-refractivity contribution in [3.63, 3.8) is 0 Å². The molecule has 1 aromatic heterocycles. The molecular weight excluding hydrogens is 592 g/mol. The molecule has 1 saturated heterocycles. The summed E-state index contributed by atoms with van der Waals surface area (Å²) in [5.74, 6) is -1.17. The highest BCUT2D eigenvalue weighted by Crippen LogP contribution is 2.42. The third-order valence-electron chi connectivity index (χ3n) is 8.27. The SMILES string of the molecule is CS(=O)(=O)CCN1CCC2(CC1)OCc1c2c(=O)n(CC(N)c2ccccc2)c(=O)n1Cc1c(F)cccc1C(F)(F)F.